The average molecular weight is 318 g/mol. The fraction of sp³-hybridized carbons (Fsp3) is 0.706. The van der Waals surface area contributed by atoms with Crippen LogP contribution in [-0.4, -0.2) is 45.6 Å². The Kier molecular flexibility index (Phi) is 4.68. The van der Waals surface area contributed by atoms with E-state index in [4.69, 9.17) is 0 Å². The first kappa shape index (κ1) is 16.0. The van der Waals surface area contributed by atoms with Crippen LogP contribution in [0.5, 0.6) is 0 Å². The molecular formula is C17H26N4O2. The van der Waals surface area contributed by atoms with Gasteiger partial charge in [0.15, 0.2) is 0 Å². The number of carbonyl (C=O) groups excluding carboxylic acids is 2. The highest BCUT2D eigenvalue weighted by molar-refractivity contribution is 5.82. The molecule has 1 saturated heterocycles. The van der Waals surface area contributed by atoms with Crippen LogP contribution in [0.4, 0.5) is 0 Å². The van der Waals surface area contributed by atoms with E-state index in [1.165, 1.54) is 12.8 Å². The number of likely N-dealkylation sites (tertiary alicyclic amines) is 1. The molecule has 126 valence electrons. The molecule has 0 unspecified atom stereocenters. The summed E-state index contributed by atoms with van der Waals surface area (Å²) < 4.78 is 1.74. The molecule has 1 N–H and O–H groups in total. The first-order valence-corrected chi connectivity index (χ1v) is 8.62. The van der Waals surface area contributed by atoms with Crippen LogP contribution in [-0.2, 0) is 16.1 Å². The summed E-state index contributed by atoms with van der Waals surface area (Å²) in [5.74, 6) is 0.116. The van der Waals surface area contributed by atoms with Crippen molar-refractivity contribution in [2.75, 3.05) is 13.1 Å². The molecular weight excluding hydrogens is 292 g/mol. The van der Waals surface area contributed by atoms with Gasteiger partial charge in [0.2, 0.25) is 11.8 Å². The number of aromatic nitrogens is 2. The summed E-state index contributed by atoms with van der Waals surface area (Å²) >= 11 is 0. The Morgan fingerprint density at radius 1 is 1.26 bits per heavy atom. The first-order valence-electron chi connectivity index (χ1n) is 8.62. The second-order valence-corrected chi connectivity index (χ2v) is 6.90. The van der Waals surface area contributed by atoms with Crippen molar-refractivity contribution in [2.24, 2.45) is 5.92 Å². The Morgan fingerprint density at radius 2 is 2.00 bits per heavy atom. The zero-order chi connectivity index (χ0) is 16.4. The number of nitrogens with zero attached hydrogens (tertiary/aromatic N) is 3. The maximum atomic E-state index is 12.4. The van der Waals surface area contributed by atoms with Crippen molar-refractivity contribution in [2.45, 2.75) is 58.5 Å². The monoisotopic (exact) mass is 318 g/mol. The number of carbonyl (C=O) groups is 2. The lowest BCUT2D eigenvalue weighted by molar-refractivity contribution is -0.131. The van der Waals surface area contributed by atoms with Crippen LogP contribution in [0.3, 0.4) is 0 Å². The Hall–Kier alpha value is -1.85. The molecule has 23 heavy (non-hydrogen) atoms. The van der Waals surface area contributed by atoms with Crippen molar-refractivity contribution in [1.82, 2.24) is 20.0 Å². The summed E-state index contributed by atoms with van der Waals surface area (Å²) in [6.07, 6.45) is 5.38. The van der Waals surface area contributed by atoms with Gasteiger partial charge in [0, 0.05) is 24.8 Å². The van der Waals surface area contributed by atoms with Gasteiger partial charge in [-0.3, -0.25) is 14.3 Å². The number of aryl methyl sites for hydroxylation is 2. The van der Waals surface area contributed by atoms with Crippen LogP contribution >= 0.6 is 0 Å². The van der Waals surface area contributed by atoms with Gasteiger partial charge < -0.3 is 10.2 Å². The van der Waals surface area contributed by atoms with Crippen LogP contribution in [0.15, 0.2) is 6.07 Å². The molecule has 1 saturated carbocycles. The maximum Gasteiger partial charge on any atom is 0.244 e. The van der Waals surface area contributed by atoms with Gasteiger partial charge >= 0.3 is 0 Å². The van der Waals surface area contributed by atoms with Crippen molar-refractivity contribution >= 4 is 11.8 Å². The lowest BCUT2D eigenvalue weighted by Crippen LogP contribution is -2.39. The van der Waals surface area contributed by atoms with Crippen molar-refractivity contribution < 1.29 is 9.59 Å². The second-order valence-electron chi connectivity index (χ2n) is 6.90. The molecule has 3 rings (SSSR count). The third-order valence-electron chi connectivity index (χ3n) is 5.00. The van der Waals surface area contributed by atoms with Gasteiger partial charge in [-0.15, -0.1) is 0 Å². The minimum Gasteiger partial charge on any atom is -0.353 e. The highest BCUT2D eigenvalue weighted by atomic mass is 16.2. The van der Waals surface area contributed by atoms with Gasteiger partial charge in [0.1, 0.15) is 6.54 Å². The molecule has 2 aliphatic rings. The third-order valence-corrected chi connectivity index (χ3v) is 5.00. The Bertz CT molecular complexity index is 589. The average Bonchev–Trinajstić information content (AvgIpc) is 3.21. The van der Waals surface area contributed by atoms with E-state index in [1.807, 2.05) is 19.9 Å². The lowest BCUT2D eigenvalue weighted by Gasteiger charge is -2.18. The molecule has 0 radical (unpaired) electrons. The highest BCUT2D eigenvalue weighted by Crippen LogP contribution is 2.21. The molecule has 6 heteroatoms. The Labute approximate surface area is 137 Å². The van der Waals surface area contributed by atoms with Crippen LogP contribution < -0.4 is 5.32 Å². The van der Waals surface area contributed by atoms with E-state index in [9.17, 15) is 9.59 Å². The van der Waals surface area contributed by atoms with E-state index >= 15 is 0 Å². The Balaban J connectivity index is 1.51. The van der Waals surface area contributed by atoms with Crippen molar-refractivity contribution in [3.63, 3.8) is 0 Å². The number of rotatable bonds is 4. The summed E-state index contributed by atoms with van der Waals surface area (Å²) in [5.41, 5.74) is 1.91. The van der Waals surface area contributed by atoms with E-state index in [2.05, 4.69) is 10.4 Å². The topological polar surface area (TPSA) is 67.2 Å². The molecule has 1 aliphatic carbocycles. The normalized spacial score (nSPS) is 21.8. The first-order chi connectivity index (χ1) is 11.0. The van der Waals surface area contributed by atoms with Gasteiger partial charge in [0.25, 0.3) is 0 Å². The molecule has 1 aliphatic heterocycles. The summed E-state index contributed by atoms with van der Waals surface area (Å²) in [6.45, 7) is 5.34. The van der Waals surface area contributed by atoms with Gasteiger partial charge in [-0.05, 0) is 39.2 Å². The van der Waals surface area contributed by atoms with Crippen molar-refractivity contribution in [3.8, 4) is 0 Å². The van der Waals surface area contributed by atoms with E-state index < -0.39 is 0 Å². The second kappa shape index (κ2) is 6.72. The van der Waals surface area contributed by atoms with E-state index in [1.54, 1.807) is 9.58 Å². The Morgan fingerprint density at radius 3 is 2.65 bits per heavy atom. The summed E-state index contributed by atoms with van der Waals surface area (Å²) in [7, 11) is 0. The lowest BCUT2D eigenvalue weighted by atomic mass is 10.1. The van der Waals surface area contributed by atoms with Gasteiger partial charge in [-0.25, -0.2) is 0 Å². The quantitative estimate of drug-likeness (QED) is 0.912. The predicted molar refractivity (Wildman–Crippen MR) is 86.8 cm³/mol. The van der Waals surface area contributed by atoms with Crippen LogP contribution in [0.1, 0.15) is 43.5 Å². The highest BCUT2D eigenvalue weighted by Gasteiger charge is 2.32. The molecule has 0 bridgehead atoms. The van der Waals surface area contributed by atoms with Crippen LogP contribution in [0, 0.1) is 19.8 Å². The molecule has 2 amide bonds. The third kappa shape index (κ3) is 3.74. The number of hydrogen-bond acceptors (Lipinski definition) is 3. The fourth-order valence-electron chi connectivity index (χ4n) is 3.65. The molecule has 1 aromatic heterocycles. The SMILES string of the molecule is Cc1cc(C)n(CC(=O)N2CC[C@@H](C(=O)NC3CCCC3)C2)n1. The predicted octanol–water partition coefficient (Wildman–Crippen LogP) is 1.41. The van der Waals surface area contributed by atoms with Gasteiger partial charge in [0.05, 0.1) is 11.6 Å². The van der Waals surface area contributed by atoms with Crippen molar-refractivity contribution in [3.05, 3.63) is 17.5 Å². The molecule has 1 atom stereocenters. The van der Waals surface area contributed by atoms with Gasteiger partial charge in [-0.2, -0.15) is 5.10 Å². The maximum absolute atomic E-state index is 12.4. The minimum atomic E-state index is -0.0556. The van der Waals surface area contributed by atoms with Crippen LogP contribution in [0.25, 0.3) is 0 Å². The summed E-state index contributed by atoms with van der Waals surface area (Å²) in [6, 6.07) is 2.32. The number of amides is 2. The molecule has 6 nitrogen and oxygen atoms in total. The smallest absolute Gasteiger partial charge is 0.244 e. The number of nitrogens with one attached hydrogen (secondary N) is 1. The van der Waals surface area contributed by atoms with Gasteiger partial charge in [-0.1, -0.05) is 12.8 Å². The zero-order valence-electron chi connectivity index (χ0n) is 14.0. The van der Waals surface area contributed by atoms with E-state index in [0.717, 1.165) is 30.7 Å². The summed E-state index contributed by atoms with van der Waals surface area (Å²) in [4.78, 5) is 26.5. The fourth-order valence-corrected chi connectivity index (χ4v) is 3.65. The van der Waals surface area contributed by atoms with E-state index in [0.29, 0.717) is 19.1 Å². The largest absolute Gasteiger partial charge is 0.353 e. The van der Waals surface area contributed by atoms with Crippen LogP contribution in [0.2, 0.25) is 0 Å². The van der Waals surface area contributed by atoms with E-state index in [-0.39, 0.29) is 24.3 Å². The molecule has 0 spiro atoms. The molecule has 2 heterocycles. The van der Waals surface area contributed by atoms with Crippen molar-refractivity contribution in [1.29, 1.82) is 0 Å². The standard InChI is InChI=1S/C17H26N4O2/c1-12-9-13(2)21(19-12)11-16(22)20-8-7-14(10-20)17(23)18-15-5-3-4-6-15/h9,14-15H,3-8,10-11H2,1-2H3,(H,18,23)/t14-/m1/s1. The molecule has 1 aromatic rings. The number of hydrogen-bond donors (Lipinski definition) is 1. The molecule has 2 fully saturated rings. The summed E-state index contributed by atoms with van der Waals surface area (Å²) in [5, 5.41) is 7.48. The zero-order valence-corrected chi connectivity index (χ0v) is 14.0. The molecule has 0 aromatic carbocycles. The minimum absolute atomic E-state index is 0.0485.